The summed E-state index contributed by atoms with van der Waals surface area (Å²) in [5.41, 5.74) is 1.32. The molecule has 142 valence electrons. The molecule has 0 atom stereocenters. The third kappa shape index (κ3) is 15.0. The Morgan fingerprint density at radius 1 is 0.560 bits per heavy atom. The molecule has 0 spiro atoms. The summed E-state index contributed by atoms with van der Waals surface area (Å²) in [4.78, 5) is 0. The van der Waals surface area contributed by atoms with E-state index in [1.807, 2.05) is 0 Å². The van der Waals surface area contributed by atoms with E-state index < -0.39 is 0 Å². The summed E-state index contributed by atoms with van der Waals surface area (Å²) in [5.74, 6) is 0. The first kappa shape index (κ1) is 22.0. The van der Waals surface area contributed by atoms with Gasteiger partial charge < -0.3 is 0 Å². The van der Waals surface area contributed by atoms with E-state index in [4.69, 9.17) is 0 Å². The summed E-state index contributed by atoms with van der Waals surface area (Å²) in [6.45, 7) is 2.29. The van der Waals surface area contributed by atoms with Gasteiger partial charge in [0, 0.05) is 0 Å². The molecule has 1 aromatic carbocycles. The van der Waals surface area contributed by atoms with E-state index in [1.54, 1.807) is 0 Å². The number of benzene rings is 1. The van der Waals surface area contributed by atoms with Crippen molar-refractivity contribution in [2.75, 3.05) is 0 Å². The Morgan fingerprint density at radius 2 is 1.00 bits per heavy atom. The Labute approximate surface area is 158 Å². The number of rotatable bonds is 17. The molecule has 1 rings (SSSR count). The van der Waals surface area contributed by atoms with Crippen LogP contribution in [0.15, 0.2) is 36.4 Å². The molecule has 0 unspecified atom stereocenters. The van der Waals surface area contributed by atoms with Crippen LogP contribution in [0.5, 0.6) is 0 Å². The molecule has 0 amide bonds. The Balaban J connectivity index is 1.74. The first-order chi connectivity index (χ1) is 12.4. The maximum atomic E-state index is 2.33. The summed E-state index contributed by atoms with van der Waals surface area (Å²) in [6, 6.07) is 10.6. The zero-order valence-corrected chi connectivity index (χ0v) is 16.9. The van der Waals surface area contributed by atoms with Crippen molar-refractivity contribution in [2.45, 2.75) is 110 Å². The summed E-state index contributed by atoms with van der Waals surface area (Å²) in [7, 11) is 0. The highest BCUT2D eigenvalue weighted by Crippen LogP contribution is 2.14. The molecular formula is C25H42. The van der Waals surface area contributed by atoms with Crippen molar-refractivity contribution >= 4 is 6.08 Å². The van der Waals surface area contributed by atoms with Crippen molar-refractivity contribution in [2.24, 2.45) is 0 Å². The van der Waals surface area contributed by atoms with Crippen molar-refractivity contribution < 1.29 is 0 Å². The minimum absolute atomic E-state index is 1.23. The fraction of sp³-hybridized carbons (Fsp3) is 0.680. The summed E-state index contributed by atoms with van der Waals surface area (Å²) in [5, 5.41) is 0. The molecule has 0 fully saturated rings. The lowest BCUT2D eigenvalue weighted by Crippen LogP contribution is -1.83. The number of hydrogen-bond donors (Lipinski definition) is 0. The maximum Gasteiger partial charge on any atom is -0.0260 e. The molecule has 25 heavy (non-hydrogen) atoms. The normalized spacial score (nSPS) is 11.4. The Morgan fingerprint density at radius 3 is 1.48 bits per heavy atom. The van der Waals surface area contributed by atoms with Crippen molar-refractivity contribution in [1.29, 1.82) is 0 Å². The van der Waals surface area contributed by atoms with Gasteiger partial charge in [0.25, 0.3) is 0 Å². The molecule has 0 nitrogen and oxygen atoms in total. The Bertz CT molecular complexity index is 390. The smallest absolute Gasteiger partial charge is 0.0260 e. The van der Waals surface area contributed by atoms with Gasteiger partial charge in [0.15, 0.2) is 0 Å². The molecule has 0 aromatic heterocycles. The highest BCUT2D eigenvalue weighted by Gasteiger charge is 1.94. The van der Waals surface area contributed by atoms with Crippen LogP contribution in [0.1, 0.15) is 115 Å². The first-order valence-corrected chi connectivity index (χ1v) is 11.1. The zero-order valence-electron chi connectivity index (χ0n) is 16.9. The highest BCUT2D eigenvalue weighted by atomic mass is 14.0. The quantitative estimate of drug-likeness (QED) is 0.248. The first-order valence-electron chi connectivity index (χ1n) is 11.1. The van der Waals surface area contributed by atoms with Gasteiger partial charge in [-0.3, -0.25) is 0 Å². The minimum atomic E-state index is 1.23. The third-order valence-corrected chi connectivity index (χ3v) is 5.08. The second-order valence-electron chi connectivity index (χ2n) is 7.55. The van der Waals surface area contributed by atoms with Gasteiger partial charge in [-0.15, -0.1) is 0 Å². The molecular weight excluding hydrogens is 300 g/mol. The van der Waals surface area contributed by atoms with Crippen LogP contribution in [0.4, 0.5) is 0 Å². The van der Waals surface area contributed by atoms with Crippen LogP contribution in [0.3, 0.4) is 0 Å². The predicted molar refractivity (Wildman–Crippen MR) is 115 cm³/mol. The van der Waals surface area contributed by atoms with E-state index in [2.05, 4.69) is 49.4 Å². The van der Waals surface area contributed by atoms with Crippen molar-refractivity contribution in [3.63, 3.8) is 0 Å². The third-order valence-electron chi connectivity index (χ3n) is 5.08. The van der Waals surface area contributed by atoms with E-state index in [9.17, 15) is 0 Å². The Hall–Kier alpha value is -1.04. The molecule has 0 aliphatic carbocycles. The second-order valence-corrected chi connectivity index (χ2v) is 7.55. The van der Waals surface area contributed by atoms with Gasteiger partial charge in [0.1, 0.15) is 0 Å². The van der Waals surface area contributed by atoms with E-state index in [0.29, 0.717) is 0 Å². The van der Waals surface area contributed by atoms with E-state index in [0.717, 1.165) is 0 Å². The van der Waals surface area contributed by atoms with Gasteiger partial charge in [0.2, 0.25) is 0 Å². The minimum Gasteiger partial charge on any atom is -0.0839 e. The number of hydrogen-bond acceptors (Lipinski definition) is 0. The lowest BCUT2D eigenvalue weighted by atomic mass is 10.0. The maximum absolute atomic E-state index is 2.33. The monoisotopic (exact) mass is 342 g/mol. The molecule has 0 N–H and O–H groups in total. The van der Waals surface area contributed by atoms with Crippen LogP contribution in [-0.4, -0.2) is 0 Å². The van der Waals surface area contributed by atoms with Gasteiger partial charge in [-0.05, 0) is 18.4 Å². The molecule has 0 bridgehead atoms. The molecule has 0 saturated carbocycles. The van der Waals surface area contributed by atoms with Crippen LogP contribution < -0.4 is 0 Å². The molecule has 1 aromatic rings. The summed E-state index contributed by atoms with van der Waals surface area (Å²) >= 11 is 0. The average molecular weight is 343 g/mol. The lowest BCUT2D eigenvalue weighted by Gasteiger charge is -2.03. The van der Waals surface area contributed by atoms with E-state index >= 15 is 0 Å². The van der Waals surface area contributed by atoms with Crippen molar-refractivity contribution in [3.05, 3.63) is 42.0 Å². The van der Waals surface area contributed by atoms with Gasteiger partial charge >= 0.3 is 0 Å². The van der Waals surface area contributed by atoms with Gasteiger partial charge in [-0.1, -0.05) is 139 Å². The molecule has 0 saturated heterocycles. The van der Waals surface area contributed by atoms with Crippen LogP contribution in [0.2, 0.25) is 0 Å². The van der Waals surface area contributed by atoms with Crippen LogP contribution in [0.25, 0.3) is 6.08 Å². The average Bonchev–Trinajstić information content (AvgIpc) is 2.65. The van der Waals surface area contributed by atoms with Crippen LogP contribution in [-0.2, 0) is 0 Å². The fourth-order valence-electron chi connectivity index (χ4n) is 3.42. The van der Waals surface area contributed by atoms with E-state index in [1.165, 1.54) is 108 Å². The molecule has 0 heterocycles. The SMILES string of the molecule is CCCCCCCCCCCCCCCCC/C=C/c1ccccc1. The molecule has 0 heteroatoms. The summed E-state index contributed by atoms with van der Waals surface area (Å²) in [6.07, 6.45) is 27.4. The van der Waals surface area contributed by atoms with Gasteiger partial charge in [0.05, 0.1) is 0 Å². The topological polar surface area (TPSA) is 0 Å². The Kier molecular flexibility index (Phi) is 15.6. The number of unbranched alkanes of at least 4 members (excludes halogenated alkanes) is 15. The predicted octanol–water partition coefficient (Wildman–Crippen LogP) is 8.96. The highest BCUT2D eigenvalue weighted by molar-refractivity contribution is 5.48. The zero-order chi connectivity index (χ0) is 17.8. The summed E-state index contributed by atoms with van der Waals surface area (Å²) < 4.78 is 0. The molecule has 0 radical (unpaired) electrons. The lowest BCUT2D eigenvalue weighted by molar-refractivity contribution is 0.533. The molecule has 0 aliphatic heterocycles. The van der Waals surface area contributed by atoms with Crippen LogP contribution in [0, 0.1) is 0 Å². The molecule has 0 aliphatic rings. The largest absolute Gasteiger partial charge is 0.0839 e. The van der Waals surface area contributed by atoms with Crippen LogP contribution >= 0.6 is 0 Å². The second kappa shape index (κ2) is 17.8. The standard InChI is InChI=1S/C25H42/c1-2-3-4-5-6-7-8-9-10-11-12-13-14-15-16-17-19-22-25-23-20-18-21-24-25/h18-24H,2-17H2,1H3/b22-19+. The number of allylic oxidation sites excluding steroid dienone is 1. The van der Waals surface area contributed by atoms with Crippen molar-refractivity contribution in [1.82, 2.24) is 0 Å². The van der Waals surface area contributed by atoms with E-state index in [-0.39, 0.29) is 0 Å². The fourth-order valence-corrected chi connectivity index (χ4v) is 3.42. The van der Waals surface area contributed by atoms with Gasteiger partial charge in [-0.2, -0.15) is 0 Å². The van der Waals surface area contributed by atoms with Gasteiger partial charge in [-0.25, -0.2) is 0 Å². The van der Waals surface area contributed by atoms with Crippen molar-refractivity contribution in [3.8, 4) is 0 Å².